The van der Waals surface area contributed by atoms with Gasteiger partial charge < -0.3 is 15.0 Å². The zero-order chi connectivity index (χ0) is 31.5. The van der Waals surface area contributed by atoms with Crippen molar-refractivity contribution in [3.8, 4) is 0 Å². The summed E-state index contributed by atoms with van der Waals surface area (Å²) in [5.74, 6) is 2.86. The average molecular weight is 632 g/mol. The molecule has 4 nitrogen and oxygen atoms in total. The summed E-state index contributed by atoms with van der Waals surface area (Å²) in [6, 6.07) is 24.8. The Bertz CT molecular complexity index is 1450. The molecule has 2 heterocycles. The molecular formula is C38H50ClN3OS. The molecule has 236 valence electrons. The third-order valence-electron chi connectivity index (χ3n) is 8.53. The molecule has 2 atom stereocenters. The largest absolute Gasteiger partial charge is 0.516 e. The number of H-pyrrole nitrogens is 1. The number of aliphatic hydroxyl groups excluding tert-OH is 1. The summed E-state index contributed by atoms with van der Waals surface area (Å²) >= 11 is 8.21. The second-order valence-electron chi connectivity index (χ2n) is 12.1. The van der Waals surface area contributed by atoms with Crippen molar-refractivity contribution in [1.29, 1.82) is 0 Å². The van der Waals surface area contributed by atoms with Crippen LogP contribution in [-0.2, 0) is 19.3 Å². The lowest BCUT2D eigenvalue weighted by Gasteiger charge is -2.38. The molecule has 6 rings (SSSR count). The van der Waals surface area contributed by atoms with Crippen LogP contribution in [0.25, 0.3) is 10.9 Å². The molecule has 0 amide bonds. The number of rotatable bonds is 10. The number of anilines is 1. The zero-order valence-electron chi connectivity index (χ0n) is 26.9. The number of halogens is 1. The molecule has 1 aliphatic carbocycles. The van der Waals surface area contributed by atoms with Crippen molar-refractivity contribution >= 4 is 40.1 Å². The first-order valence-electron chi connectivity index (χ1n) is 16.2. The number of nitrogens with zero attached hydrogens (tertiary/aromatic N) is 1. The topological polar surface area (TPSA) is 51.3 Å². The van der Waals surface area contributed by atoms with Crippen LogP contribution < -0.4 is 9.62 Å². The summed E-state index contributed by atoms with van der Waals surface area (Å²) < 4.78 is 3.47. The highest BCUT2D eigenvalue weighted by Crippen LogP contribution is 2.41. The minimum absolute atomic E-state index is 0.144. The summed E-state index contributed by atoms with van der Waals surface area (Å²) in [5, 5.41) is 9.39. The molecule has 0 spiro atoms. The second kappa shape index (κ2) is 17.0. The van der Waals surface area contributed by atoms with E-state index in [0.29, 0.717) is 5.92 Å². The van der Waals surface area contributed by atoms with Gasteiger partial charge in [-0.05, 0) is 90.1 Å². The lowest BCUT2D eigenvalue weighted by molar-refractivity contribution is 0.476. The fourth-order valence-electron chi connectivity index (χ4n) is 5.66. The van der Waals surface area contributed by atoms with Gasteiger partial charge in [0.15, 0.2) is 0 Å². The van der Waals surface area contributed by atoms with Crippen LogP contribution >= 0.6 is 23.5 Å². The third-order valence-corrected chi connectivity index (χ3v) is 9.43. The van der Waals surface area contributed by atoms with Crippen LogP contribution in [0.4, 0.5) is 5.69 Å². The standard InChI is InChI=1S/C32H38ClN3S.C4H8.C2H4O/c1-4-23-10-15-27(16-11-23)36-19-18-28-29-20-26(33)14-17-30(29)35-31(28)32(36)25-12-8-24(9-13-25)7-6-22(3)21-34-37-5-2;1-4-2-3-4;1-2-3/h8-17,20,22,32,34-35H,4-7,18-19,21H2,1-3H3;4H,2-3H2,1H3;2-3H,1H2. The maximum Gasteiger partial charge on any atom is 0.0947 e. The van der Waals surface area contributed by atoms with E-state index < -0.39 is 0 Å². The van der Waals surface area contributed by atoms with E-state index in [1.807, 2.05) is 18.0 Å². The van der Waals surface area contributed by atoms with E-state index in [9.17, 15) is 0 Å². The average Bonchev–Trinajstić information content (AvgIpc) is 3.74. The van der Waals surface area contributed by atoms with Gasteiger partial charge in [0, 0.05) is 46.1 Å². The first-order valence-corrected chi connectivity index (χ1v) is 17.6. The van der Waals surface area contributed by atoms with E-state index in [-0.39, 0.29) is 6.04 Å². The Labute approximate surface area is 274 Å². The van der Waals surface area contributed by atoms with Crippen molar-refractivity contribution in [2.24, 2.45) is 11.8 Å². The Hall–Kier alpha value is -2.86. The molecule has 3 aromatic carbocycles. The Morgan fingerprint density at radius 3 is 2.34 bits per heavy atom. The van der Waals surface area contributed by atoms with Crippen LogP contribution in [0, 0.1) is 11.8 Å². The number of hydrogen-bond acceptors (Lipinski definition) is 4. The van der Waals surface area contributed by atoms with Gasteiger partial charge >= 0.3 is 0 Å². The fraction of sp³-hybridized carbons (Fsp3) is 0.421. The lowest BCUT2D eigenvalue weighted by atomic mass is 9.90. The highest BCUT2D eigenvalue weighted by Gasteiger charge is 2.32. The molecule has 1 saturated carbocycles. The number of aromatic amines is 1. The van der Waals surface area contributed by atoms with E-state index in [1.165, 1.54) is 63.8 Å². The summed E-state index contributed by atoms with van der Waals surface area (Å²) in [6.07, 6.45) is 8.10. The summed E-state index contributed by atoms with van der Waals surface area (Å²) in [5.41, 5.74) is 9.26. The monoisotopic (exact) mass is 631 g/mol. The van der Waals surface area contributed by atoms with Gasteiger partial charge in [-0.2, -0.15) is 0 Å². The van der Waals surface area contributed by atoms with Gasteiger partial charge in [-0.25, -0.2) is 0 Å². The number of aromatic nitrogens is 1. The lowest BCUT2D eigenvalue weighted by Crippen LogP contribution is -2.36. The summed E-state index contributed by atoms with van der Waals surface area (Å²) in [7, 11) is 0. The van der Waals surface area contributed by atoms with Gasteiger partial charge in [0.25, 0.3) is 0 Å². The number of nitrogens with one attached hydrogen (secondary N) is 2. The Kier molecular flexibility index (Phi) is 13.1. The van der Waals surface area contributed by atoms with Crippen LogP contribution in [0.2, 0.25) is 5.02 Å². The molecule has 3 N–H and O–H groups in total. The molecule has 1 fully saturated rings. The molecule has 6 heteroatoms. The van der Waals surface area contributed by atoms with E-state index in [1.54, 1.807) is 0 Å². The highest BCUT2D eigenvalue weighted by molar-refractivity contribution is 7.97. The quantitative estimate of drug-likeness (QED) is 0.0926. The first kappa shape index (κ1) is 34.0. The van der Waals surface area contributed by atoms with Crippen molar-refractivity contribution in [2.45, 2.75) is 72.3 Å². The van der Waals surface area contributed by atoms with Crippen LogP contribution in [-0.4, -0.2) is 28.9 Å². The van der Waals surface area contributed by atoms with Gasteiger partial charge in [-0.15, -0.1) is 0 Å². The van der Waals surface area contributed by atoms with Crippen molar-refractivity contribution in [3.63, 3.8) is 0 Å². The van der Waals surface area contributed by atoms with Crippen molar-refractivity contribution in [2.75, 3.05) is 23.7 Å². The molecule has 4 aromatic rings. The molecule has 44 heavy (non-hydrogen) atoms. The number of aliphatic hydroxyl groups is 1. The SMILES string of the molecule is C=CO.CC1CC1.CCSNCC(C)CCc1ccc(C2c3[nH]c4ccc(Cl)cc4c3CCN2c2ccc(CC)cc2)cc1. The van der Waals surface area contributed by atoms with E-state index >= 15 is 0 Å². The first-order chi connectivity index (χ1) is 21.4. The molecule has 1 aliphatic heterocycles. The minimum Gasteiger partial charge on any atom is -0.516 e. The van der Waals surface area contributed by atoms with Gasteiger partial charge in [0.1, 0.15) is 0 Å². The fourth-order valence-corrected chi connectivity index (χ4v) is 6.44. The normalized spacial score (nSPS) is 16.3. The molecule has 0 radical (unpaired) electrons. The molecule has 0 saturated heterocycles. The molecular weight excluding hydrogens is 582 g/mol. The number of fused-ring (bicyclic) bond motifs is 3. The Morgan fingerprint density at radius 1 is 1.07 bits per heavy atom. The van der Waals surface area contributed by atoms with Crippen molar-refractivity contribution in [1.82, 2.24) is 9.71 Å². The predicted molar refractivity (Wildman–Crippen MR) is 193 cm³/mol. The highest BCUT2D eigenvalue weighted by atomic mass is 35.5. The van der Waals surface area contributed by atoms with E-state index in [4.69, 9.17) is 16.7 Å². The summed E-state index contributed by atoms with van der Waals surface area (Å²) in [4.78, 5) is 6.35. The van der Waals surface area contributed by atoms with Gasteiger partial charge in [0.05, 0.1) is 12.3 Å². The summed E-state index contributed by atoms with van der Waals surface area (Å²) in [6.45, 7) is 14.0. The second-order valence-corrected chi connectivity index (χ2v) is 13.7. The van der Waals surface area contributed by atoms with Crippen molar-refractivity contribution < 1.29 is 5.11 Å². The van der Waals surface area contributed by atoms with Gasteiger partial charge in [-0.1, -0.05) is 107 Å². The molecule has 2 aliphatic rings. The van der Waals surface area contributed by atoms with Gasteiger partial charge in [0.2, 0.25) is 0 Å². The maximum absolute atomic E-state index is 7.33. The van der Waals surface area contributed by atoms with E-state index in [0.717, 1.165) is 55.3 Å². The third kappa shape index (κ3) is 9.32. The smallest absolute Gasteiger partial charge is 0.0947 e. The van der Waals surface area contributed by atoms with Crippen LogP contribution in [0.5, 0.6) is 0 Å². The van der Waals surface area contributed by atoms with Crippen molar-refractivity contribution in [3.05, 3.63) is 113 Å². The maximum atomic E-state index is 7.33. The van der Waals surface area contributed by atoms with E-state index in [2.05, 4.69) is 110 Å². The molecule has 0 bridgehead atoms. The van der Waals surface area contributed by atoms with Crippen LogP contribution in [0.1, 0.15) is 80.9 Å². The molecule has 2 unspecified atom stereocenters. The Balaban J connectivity index is 0.000000565. The minimum atomic E-state index is 0.144. The zero-order valence-corrected chi connectivity index (χ0v) is 28.5. The number of benzene rings is 3. The van der Waals surface area contributed by atoms with Crippen LogP contribution in [0.3, 0.4) is 0 Å². The predicted octanol–water partition coefficient (Wildman–Crippen LogP) is 10.5. The van der Waals surface area contributed by atoms with Crippen LogP contribution in [0.15, 0.2) is 79.6 Å². The number of aryl methyl sites for hydroxylation is 2. The number of hydrogen-bond donors (Lipinski definition) is 3. The van der Waals surface area contributed by atoms with Gasteiger partial charge in [-0.3, -0.25) is 4.72 Å². The Morgan fingerprint density at radius 2 is 1.73 bits per heavy atom. The molecule has 1 aromatic heterocycles.